The molecule has 0 saturated heterocycles. The van der Waals surface area contributed by atoms with Crippen molar-refractivity contribution in [3.8, 4) is 0 Å². The van der Waals surface area contributed by atoms with Gasteiger partial charge in [0.1, 0.15) is 10.6 Å². The van der Waals surface area contributed by atoms with Crippen LogP contribution in [0, 0.1) is 0 Å². The maximum Gasteiger partial charge on any atom is 0.319 e. The highest BCUT2D eigenvalue weighted by molar-refractivity contribution is 7.97. The van der Waals surface area contributed by atoms with Crippen LogP contribution in [0.5, 0.6) is 0 Å². The van der Waals surface area contributed by atoms with Crippen LogP contribution in [0.1, 0.15) is 25.3 Å². The van der Waals surface area contributed by atoms with Gasteiger partial charge in [-0.2, -0.15) is 0 Å². The zero-order valence-corrected chi connectivity index (χ0v) is 20.0. The highest BCUT2D eigenvalue weighted by Crippen LogP contribution is 2.51. The highest BCUT2D eigenvalue weighted by Gasteiger charge is 2.59. The molecule has 0 bridgehead atoms. The number of hydrazine groups is 1. The molecule has 3 rings (SSSR count). The molecule has 2 amide bonds. The first-order valence-electron chi connectivity index (χ1n) is 10.7. The molecule has 1 atom stereocenters. The van der Waals surface area contributed by atoms with Gasteiger partial charge in [-0.25, -0.2) is 23.6 Å². The molecular formula is C22H31N7O4S. The predicted molar refractivity (Wildman–Crippen MR) is 133 cm³/mol. The zero-order chi connectivity index (χ0) is 25.1. The summed E-state index contributed by atoms with van der Waals surface area (Å²) in [5.41, 5.74) is 17.0. The van der Waals surface area contributed by atoms with E-state index in [1.165, 1.54) is 6.08 Å². The monoisotopic (exact) mass is 489 g/mol. The van der Waals surface area contributed by atoms with Crippen LogP contribution in [0.3, 0.4) is 0 Å². The van der Waals surface area contributed by atoms with Crippen molar-refractivity contribution in [2.24, 2.45) is 16.5 Å². The van der Waals surface area contributed by atoms with Gasteiger partial charge in [0, 0.05) is 37.3 Å². The van der Waals surface area contributed by atoms with E-state index in [-0.39, 0.29) is 30.7 Å². The summed E-state index contributed by atoms with van der Waals surface area (Å²) in [6.45, 7) is 5.69. The third kappa shape index (κ3) is 5.24. The molecule has 1 unspecified atom stereocenters. The third-order valence-corrected chi connectivity index (χ3v) is 8.39. The van der Waals surface area contributed by atoms with E-state index in [0.717, 1.165) is 0 Å². The number of carbonyl (C=O) groups excluding carboxylic acids is 1. The first-order chi connectivity index (χ1) is 16.0. The normalized spacial score (nSPS) is 20.0. The summed E-state index contributed by atoms with van der Waals surface area (Å²) in [7, 11) is -1.94. The van der Waals surface area contributed by atoms with Crippen molar-refractivity contribution in [1.29, 1.82) is 0 Å². The van der Waals surface area contributed by atoms with Crippen molar-refractivity contribution in [2.75, 3.05) is 25.5 Å². The Morgan fingerprint density at radius 3 is 2.53 bits per heavy atom. The number of carbonyl (C=O) groups is 1. The van der Waals surface area contributed by atoms with E-state index in [1.807, 2.05) is 0 Å². The molecule has 1 saturated carbocycles. The molecule has 8 N–H and O–H groups in total. The molecule has 1 aliphatic heterocycles. The van der Waals surface area contributed by atoms with Crippen LogP contribution < -0.4 is 27.5 Å². The van der Waals surface area contributed by atoms with Crippen LogP contribution in [-0.2, 0) is 9.84 Å². The first-order valence-corrected chi connectivity index (χ1v) is 12.2. The number of urea groups is 1. The highest BCUT2D eigenvalue weighted by atomic mass is 32.2. The van der Waals surface area contributed by atoms with Crippen molar-refractivity contribution in [3.63, 3.8) is 0 Å². The van der Waals surface area contributed by atoms with Crippen molar-refractivity contribution in [3.05, 3.63) is 59.3 Å². The lowest BCUT2D eigenvalue weighted by Gasteiger charge is -2.19. The van der Waals surface area contributed by atoms with Crippen molar-refractivity contribution in [2.45, 2.75) is 30.6 Å². The van der Waals surface area contributed by atoms with Gasteiger partial charge in [-0.15, -0.1) is 0 Å². The molecule has 0 spiro atoms. The Hall–Kier alpha value is -3.35. The van der Waals surface area contributed by atoms with Gasteiger partial charge in [0.15, 0.2) is 9.84 Å². The molecule has 0 aromatic heterocycles. The summed E-state index contributed by atoms with van der Waals surface area (Å²) in [6, 6.07) is 5.97. The summed E-state index contributed by atoms with van der Waals surface area (Å²) in [5.74, 6) is 0.0400. The number of nitrogens with two attached hydrogens (primary N) is 2. The molecular weight excluding hydrogens is 458 g/mol. The van der Waals surface area contributed by atoms with E-state index in [0.29, 0.717) is 34.7 Å². The molecule has 1 aromatic carbocycles. The van der Waals surface area contributed by atoms with Gasteiger partial charge in [0.25, 0.3) is 0 Å². The summed E-state index contributed by atoms with van der Waals surface area (Å²) in [6.07, 6.45) is 3.79. The number of aliphatic hydroxyl groups is 1. The van der Waals surface area contributed by atoms with Crippen molar-refractivity contribution >= 4 is 33.1 Å². The van der Waals surface area contributed by atoms with Gasteiger partial charge >= 0.3 is 6.03 Å². The molecule has 1 aliphatic carbocycles. The summed E-state index contributed by atoms with van der Waals surface area (Å²) >= 11 is 0. The Morgan fingerprint density at radius 1 is 1.35 bits per heavy atom. The Balaban J connectivity index is 1.71. The van der Waals surface area contributed by atoms with E-state index in [9.17, 15) is 13.2 Å². The molecule has 1 fully saturated rings. The quantitative estimate of drug-likeness (QED) is 0.216. The van der Waals surface area contributed by atoms with Crippen LogP contribution in [0.2, 0.25) is 0 Å². The van der Waals surface area contributed by atoms with Crippen LogP contribution in [0.25, 0.3) is 5.70 Å². The number of nitrogens with one attached hydrogen (secondary N) is 3. The number of amidine groups is 1. The van der Waals surface area contributed by atoms with Gasteiger partial charge in [-0.3, -0.25) is 0 Å². The number of nitrogens with zero attached hydrogens (tertiary/aromatic N) is 2. The third-order valence-electron chi connectivity index (χ3n) is 5.64. The number of sulfone groups is 1. The van der Waals surface area contributed by atoms with Crippen LogP contribution in [0.15, 0.2) is 58.7 Å². The lowest BCUT2D eigenvalue weighted by molar-refractivity contribution is 0.245. The van der Waals surface area contributed by atoms with E-state index in [1.54, 1.807) is 49.4 Å². The first kappa shape index (κ1) is 25.3. The van der Waals surface area contributed by atoms with E-state index in [4.69, 9.17) is 16.6 Å². The lowest BCUT2D eigenvalue weighted by atomic mass is 10.1. The second-order valence-corrected chi connectivity index (χ2v) is 10.5. The summed E-state index contributed by atoms with van der Waals surface area (Å²) in [4.78, 5) is 16.2. The predicted octanol–water partition coefficient (Wildman–Crippen LogP) is 0.598. The Morgan fingerprint density at radius 2 is 2.00 bits per heavy atom. The van der Waals surface area contributed by atoms with Gasteiger partial charge in [0.05, 0.1) is 23.3 Å². The average molecular weight is 490 g/mol. The van der Waals surface area contributed by atoms with E-state index < -0.39 is 20.6 Å². The van der Waals surface area contributed by atoms with Crippen LogP contribution >= 0.6 is 0 Å². The van der Waals surface area contributed by atoms with Gasteiger partial charge in [-0.05, 0) is 37.5 Å². The number of benzene rings is 1. The molecule has 0 radical (unpaired) electrons. The zero-order valence-electron chi connectivity index (χ0n) is 19.2. The minimum atomic E-state index is -3.68. The Kier molecular flexibility index (Phi) is 7.34. The molecule has 2 aliphatic rings. The van der Waals surface area contributed by atoms with Crippen molar-refractivity contribution in [1.82, 2.24) is 15.8 Å². The van der Waals surface area contributed by atoms with E-state index >= 15 is 0 Å². The Labute approximate surface area is 199 Å². The number of aliphatic hydroxyl groups excluding tert-OH is 1. The molecule has 1 aromatic rings. The Bertz CT molecular complexity index is 1150. The number of aliphatic imine (C=N–C) groups is 1. The standard InChI is InChI=1S/C22H31N7O4S/c1-14(16-4-6-17(7-5-16)27-21(31)25-10-11-30)26-20(24)12-19(23)22(8-9-22)34(32,33)18-13-29(3)28-15(18)2/h4-7,12-13,15,28,30H,1,8-11,23H2,2-3H3,(H2,24,26)(H2,25,27,31)/b19-12-. The van der Waals surface area contributed by atoms with Crippen LogP contribution in [-0.4, -0.2) is 61.4 Å². The fourth-order valence-electron chi connectivity index (χ4n) is 3.70. The molecule has 184 valence electrons. The SMILES string of the molecule is C=C(N=C(N)/C=C(\N)C1(S(=O)(=O)C2=CN(C)NC2C)CC1)c1ccc(NC(=O)NCCO)cc1. The summed E-state index contributed by atoms with van der Waals surface area (Å²) in [5, 5.41) is 15.5. The minimum Gasteiger partial charge on any atom is -0.401 e. The van der Waals surface area contributed by atoms with Gasteiger partial charge in [0.2, 0.25) is 0 Å². The maximum absolute atomic E-state index is 13.3. The second kappa shape index (κ2) is 9.87. The molecule has 1 heterocycles. The summed E-state index contributed by atoms with van der Waals surface area (Å²) < 4.78 is 25.4. The van der Waals surface area contributed by atoms with Crippen molar-refractivity contribution < 1.29 is 18.3 Å². The topological polar surface area (TPSA) is 175 Å². The fraction of sp³-hybridized carbons (Fsp3) is 0.364. The number of anilines is 1. The number of hydrogen-bond acceptors (Lipinski definition) is 8. The largest absolute Gasteiger partial charge is 0.401 e. The van der Waals surface area contributed by atoms with Gasteiger partial charge in [-0.1, -0.05) is 18.7 Å². The smallest absolute Gasteiger partial charge is 0.319 e. The molecule has 12 heteroatoms. The number of rotatable bonds is 9. The molecule has 34 heavy (non-hydrogen) atoms. The second-order valence-electron chi connectivity index (χ2n) is 8.26. The van der Waals surface area contributed by atoms with Crippen LogP contribution in [0.4, 0.5) is 10.5 Å². The number of hydrogen-bond donors (Lipinski definition) is 6. The fourth-order valence-corrected chi connectivity index (χ4v) is 5.97. The minimum absolute atomic E-state index is 0.0400. The lowest BCUT2D eigenvalue weighted by Crippen LogP contribution is -2.37. The average Bonchev–Trinajstić information content (AvgIpc) is 3.52. The van der Waals surface area contributed by atoms with E-state index in [2.05, 4.69) is 27.6 Å². The molecule has 11 nitrogen and oxygen atoms in total. The maximum atomic E-state index is 13.3. The number of amides is 2. The van der Waals surface area contributed by atoms with Gasteiger partial charge < -0.3 is 32.2 Å².